The largest absolute Gasteiger partial charge is 0.459 e. The summed E-state index contributed by atoms with van der Waals surface area (Å²) in [6.07, 6.45) is -1.73. The Bertz CT molecular complexity index is 380. The first-order valence-corrected chi connectivity index (χ1v) is 9.09. The van der Waals surface area contributed by atoms with E-state index in [0.717, 1.165) is 38.7 Å². The van der Waals surface area contributed by atoms with Crippen molar-refractivity contribution in [2.45, 2.75) is 88.3 Å². The molecule has 0 aliphatic carbocycles. The highest BCUT2D eigenvalue weighted by Crippen LogP contribution is 2.48. The molecule has 1 rings (SSSR count). The Kier molecular flexibility index (Phi) is 9.64. The lowest BCUT2D eigenvalue weighted by Crippen LogP contribution is -2.51. The first kappa shape index (κ1) is 23.5. The van der Waals surface area contributed by atoms with Crippen molar-refractivity contribution in [2.75, 3.05) is 19.8 Å². The van der Waals surface area contributed by atoms with Crippen LogP contribution in [0.15, 0.2) is 0 Å². The van der Waals surface area contributed by atoms with E-state index < -0.39 is 24.4 Å². The first-order valence-electron chi connectivity index (χ1n) is 9.09. The fraction of sp³-hybridized carbons (Fsp3) is 1.00. The van der Waals surface area contributed by atoms with Gasteiger partial charge in [-0.3, -0.25) is 0 Å². The summed E-state index contributed by atoms with van der Waals surface area (Å²) in [7, 11) is 0. The molecule has 1 unspecified atom stereocenters. The number of unbranched alkanes of at least 4 members (excludes halogenated alkanes) is 5. The predicted octanol–water partition coefficient (Wildman–Crippen LogP) is 6.14. The Labute approximate surface area is 149 Å². The quantitative estimate of drug-likeness (QED) is 0.275. The third kappa shape index (κ3) is 7.58. The maximum absolute atomic E-state index is 13.1. The lowest BCUT2D eigenvalue weighted by Gasteiger charge is -2.28. The first-order chi connectivity index (χ1) is 12.1. The molecule has 0 saturated carbocycles. The zero-order chi connectivity index (χ0) is 19.7. The van der Waals surface area contributed by atoms with Crippen molar-refractivity contribution in [1.82, 2.24) is 0 Å². The molecule has 0 aromatic rings. The Hall–Kier alpha value is -0.570. The molecule has 1 atom stereocenters. The van der Waals surface area contributed by atoms with Gasteiger partial charge in [-0.15, -0.1) is 0 Å². The highest BCUT2D eigenvalue weighted by Gasteiger charge is 2.72. The number of hydrogen-bond acceptors (Lipinski definition) is 2. The normalized spacial score (nSPS) is 19.3. The van der Waals surface area contributed by atoms with Crippen molar-refractivity contribution < 1.29 is 40.2 Å². The summed E-state index contributed by atoms with van der Waals surface area (Å²) < 4.78 is 98.3. The molecule has 1 fully saturated rings. The third-order valence-electron chi connectivity index (χ3n) is 4.45. The Balaban J connectivity index is 1.97. The summed E-state index contributed by atoms with van der Waals surface area (Å²) in [5.41, 5.74) is 0. The van der Waals surface area contributed by atoms with Crippen LogP contribution in [0.2, 0.25) is 0 Å². The molecule has 0 spiro atoms. The minimum atomic E-state index is -6.24. The van der Waals surface area contributed by atoms with Gasteiger partial charge in [0.15, 0.2) is 0 Å². The maximum atomic E-state index is 13.1. The van der Waals surface area contributed by atoms with E-state index in [1.807, 2.05) is 0 Å². The third-order valence-corrected chi connectivity index (χ3v) is 4.45. The van der Waals surface area contributed by atoms with Crippen LogP contribution in [0, 0.1) is 0 Å². The standard InChI is InChI=1S/C17H27F7O2/c18-15(19,16(20,21)17(22,23)24)10-5-3-1-2-4-6-11-25-13-9-14-8-7-12-26-14/h14H,1-13H2. The van der Waals surface area contributed by atoms with E-state index in [4.69, 9.17) is 9.47 Å². The average Bonchev–Trinajstić information content (AvgIpc) is 3.04. The van der Waals surface area contributed by atoms with Gasteiger partial charge in [0, 0.05) is 26.2 Å². The molecule has 1 aliphatic heterocycles. The Morgan fingerprint density at radius 2 is 1.42 bits per heavy atom. The second kappa shape index (κ2) is 10.7. The summed E-state index contributed by atoms with van der Waals surface area (Å²) in [6, 6.07) is 0. The van der Waals surface area contributed by atoms with Crippen LogP contribution in [0.25, 0.3) is 0 Å². The molecule has 156 valence electrons. The summed E-state index contributed by atoms with van der Waals surface area (Å²) >= 11 is 0. The number of alkyl halides is 7. The van der Waals surface area contributed by atoms with Gasteiger partial charge in [0.2, 0.25) is 0 Å². The van der Waals surface area contributed by atoms with Crippen molar-refractivity contribution in [3.8, 4) is 0 Å². The van der Waals surface area contributed by atoms with Crippen LogP contribution in [0.1, 0.15) is 64.2 Å². The van der Waals surface area contributed by atoms with Gasteiger partial charge in [0.25, 0.3) is 0 Å². The second-order valence-electron chi connectivity index (χ2n) is 6.68. The van der Waals surface area contributed by atoms with Gasteiger partial charge in [0.1, 0.15) is 0 Å². The van der Waals surface area contributed by atoms with Crippen LogP contribution in [0.4, 0.5) is 30.7 Å². The summed E-state index contributed by atoms with van der Waals surface area (Å²) in [5, 5.41) is 0. The van der Waals surface area contributed by atoms with E-state index >= 15 is 0 Å². The zero-order valence-corrected chi connectivity index (χ0v) is 14.7. The molecule has 0 N–H and O–H groups in total. The van der Waals surface area contributed by atoms with E-state index in [1.165, 1.54) is 0 Å². The van der Waals surface area contributed by atoms with Crippen molar-refractivity contribution >= 4 is 0 Å². The molecule has 26 heavy (non-hydrogen) atoms. The number of halogens is 7. The molecule has 0 amide bonds. The lowest BCUT2D eigenvalue weighted by molar-refractivity contribution is -0.355. The molecular weight excluding hydrogens is 369 g/mol. The van der Waals surface area contributed by atoms with Crippen molar-refractivity contribution in [1.29, 1.82) is 0 Å². The van der Waals surface area contributed by atoms with Crippen LogP contribution in [0.3, 0.4) is 0 Å². The number of hydrogen-bond donors (Lipinski definition) is 0. The molecule has 1 saturated heterocycles. The summed E-state index contributed by atoms with van der Waals surface area (Å²) in [5.74, 6) is -11.1. The van der Waals surface area contributed by atoms with Crippen molar-refractivity contribution in [3.05, 3.63) is 0 Å². The van der Waals surface area contributed by atoms with Gasteiger partial charge in [-0.1, -0.05) is 25.7 Å². The molecule has 9 heteroatoms. The summed E-state index contributed by atoms with van der Waals surface area (Å²) in [4.78, 5) is 0. The minimum Gasteiger partial charge on any atom is -0.381 e. The van der Waals surface area contributed by atoms with Gasteiger partial charge < -0.3 is 9.47 Å². The Morgan fingerprint density at radius 1 is 0.808 bits per heavy atom. The molecule has 0 radical (unpaired) electrons. The zero-order valence-electron chi connectivity index (χ0n) is 14.7. The highest BCUT2D eigenvalue weighted by molar-refractivity contribution is 4.90. The smallest absolute Gasteiger partial charge is 0.381 e. The average molecular weight is 396 g/mol. The minimum absolute atomic E-state index is 0.198. The molecule has 0 aromatic carbocycles. The van der Waals surface area contributed by atoms with E-state index in [0.29, 0.717) is 26.1 Å². The fourth-order valence-electron chi connectivity index (χ4n) is 2.81. The van der Waals surface area contributed by atoms with E-state index in [2.05, 4.69) is 0 Å². The van der Waals surface area contributed by atoms with Gasteiger partial charge >= 0.3 is 18.0 Å². The van der Waals surface area contributed by atoms with Crippen LogP contribution < -0.4 is 0 Å². The molecule has 0 bridgehead atoms. The van der Waals surface area contributed by atoms with E-state index in [1.54, 1.807) is 0 Å². The molecule has 1 aliphatic rings. The molecule has 2 nitrogen and oxygen atoms in total. The SMILES string of the molecule is FC(F)(F)C(F)(F)C(F)(F)CCCCCCCCOCCC1CCCO1. The topological polar surface area (TPSA) is 18.5 Å². The van der Waals surface area contributed by atoms with Gasteiger partial charge in [0.05, 0.1) is 6.10 Å². The van der Waals surface area contributed by atoms with Crippen LogP contribution in [0.5, 0.6) is 0 Å². The van der Waals surface area contributed by atoms with Gasteiger partial charge in [-0.05, 0) is 32.1 Å². The Morgan fingerprint density at radius 3 is 2.00 bits per heavy atom. The molecule has 1 heterocycles. The molecule has 0 aromatic heterocycles. The second-order valence-corrected chi connectivity index (χ2v) is 6.68. The van der Waals surface area contributed by atoms with Crippen LogP contribution in [-0.2, 0) is 9.47 Å². The lowest BCUT2D eigenvalue weighted by atomic mass is 10.0. The van der Waals surface area contributed by atoms with Crippen LogP contribution >= 0.6 is 0 Å². The summed E-state index contributed by atoms with van der Waals surface area (Å²) in [6.45, 7) is 2.03. The number of rotatable bonds is 13. The molecular formula is C17H27F7O2. The predicted molar refractivity (Wildman–Crippen MR) is 82.7 cm³/mol. The van der Waals surface area contributed by atoms with E-state index in [-0.39, 0.29) is 18.9 Å². The van der Waals surface area contributed by atoms with Gasteiger partial charge in [-0.25, -0.2) is 0 Å². The monoisotopic (exact) mass is 396 g/mol. The maximum Gasteiger partial charge on any atom is 0.459 e. The van der Waals surface area contributed by atoms with Crippen molar-refractivity contribution in [3.63, 3.8) is 0 Å². The number of ether oxygens (including phenoxy) is 2. The highest BCUT2D eigenvalue weighted by atomic mass is 19.4. The van der Waals surface area contributed by atoms with Crippen molar-refractivity contribution in [2.24, 2.45) is 0 Å². The fourth-order valence-corrected chi connectivity index (χ4v) is 2.81. The van der Waals surface area contributed by atoms with Crippen LogP contribution in [-0.4, -0.2) is 43.9 Å². The van der Waals surface area contributed by atoms with E-state index in [9.17, 15) is 30.7 Å². The van der Waals surface area contributed by atoms with Gasteiger partial charge in [-0.2, -0.15) is 30.7 Å².